The molecule has 1 aliphatic heterocycles. The average Bonchev–Trinajstić information content (AvgIpc) is 2.59. The molecular weight excluding hydrogens is 218 g/mol. The van der Waals surface area contributed by atoms with Gasteiger partial charge in [-0.1, -0.05) is 0 Å². The van der Waals surface area contributed by atoms with Crippen LogP contribution in [0.4, 0.5) is 4.79 Å². The van der Waals surface area contributed by atoms with Gasteiger partial charge in [-0.25, -0.2) is 4.79 Å². The summed E-state index contributed by atoms with van der Waals surface area (Å²) in [5.74, 6) is 0.182. The molecule has 0 aliphatic carbocycles. The van der Waals surface area contributed by atoms with E-state index in [0.717, 1.165) is 25.8 Å². The summed E-state index contributed by atoms with van der Waals surface area (Å²) in [5.41, 5.74) is 4.89. The van der Waals surface area contributed by atoms with Crippen LogP contribution in [0.25, 0.3) is 0 Å². The molecule has 0 aromatic heterocycles. The van der Waals surface area contributed by atoms with Crippen molar-refractivity contribution < 1.29 is 9.53 Å². The van der Waals surface area contributed by atoms with Gasteiger partial charge in [0.25, 0.3) is 0 Å². The van der Waals surface area contributed by atoms with Crippen molar-refractivity contribution in [3.8, 4) is 0 Å². The molecule has 5 heteroatoms. The zero-order valence-corrected chi connectivity index (χ0v) is 11.0. The molecule has 3 N–H and O–H groups in total. The standard InChI is InChI=1S/C12H23N3O2/c1-12(2,3)17-11(16)15-8-4-5-9(15)6-7-10(13)14/h9H,4-8H2,1-3H3,(H3,13,14). The number of hydrogen-bond donors (Lipinski definition) is 2. The zero-order chi connectivity index (χ0) is 13.1. The molecule has 5 nitrogen and oxygen atoms in total. The van der Waals surface area contributed by atoms with Gasteiger partial charge in [0.1, 0.15) is 5.60 Å². The van der Waals surface area contributed by atoms with E-state index in [0.29, 0.717) is 6.42 Å². The van der Waals surface area contributed by atoms with Crippen molar-refractivity contribution >= 4 is 11.9 Å². The van der Waals surface area contributed by atoms with Crippen molar-refractivity contribution in [2.24, 2.45) is 5.73 Å². The Labute approximate surface area is 103 Å². The van der Waals surface area contributed by atoms with Crippen LogP contribution in [0.3, 0.4) is 0 Å². The van der Waals surface area contributed by atoms with Crippen molar-refractivity contribution in [1.29, 1.82) is 5.41 Å². The molecule has 0 spiro atoms. The Bertz CT molecular complexity index is 297. The fraction of sp³-hybridized carbons (Fsp3) is 0.833. The Morgan fingerprint density at radius 2 is 2.18 bits per heavy atom. The van der Waals surface area contributed by atoms with Crippen LogP contribution in [0.5, 0.6) is 0 Å². The number of rotatable bonds is 3. The smallest absolute Gasteiger partial charge is 0.410 e. The number of carbonyl (C=O) groups excluding carboxylic acids is 1. The van der Waals surface area contributed by atoms with E-state index in [-0.39, 0.29) is 18.0 Å². The number of ether oxygens (including phenoxy) is 1. The third-order valence-corrected chi connectivity index (χ3v) is 2.75. The van der Waals surface area contributed by atoms with E-state index >= 15 is 0 Å². The van der Waals surface area contributed by atoms with Gasteiger partial charge in [-0.3, -0.25) is 5.41 Å². The molecule has 0 aromatic carbocycles. The van der Waals surface area contributed by atoms with E-state index in [9.17, 15) is 4.79 Å². The summed E-state index contributed by atoms with van der Waals surface area (Å²) in [6.45, 7) is 6.35. The Balaban J connectivity index is 2.51. The highest BCUT2D eigenvalue weighted by atomic mass is 16.6. The number of carbonyl (C=O) groups is 1. The normalized spacial score (nSPS) is 20.4. The monoisotopic (exact) mass is 241 g/mol. The van der Waals surface area contributed by atoms with Crippen LogP contribution >= 0.6 is 0 Å². The van der Waals surface area contributed by atoms with E-state index < -0.39 is 5.60 Å². The van der Waals surface area contributed by atoms with E-state index in [1.165, 1.54) is 0 Å². The lowest BCUT2D eigenvalue weighted by Gasteiger charge is -2.28. The first kappa shape index (κ1) is 13.8. The van der Waals surface area contributed by atoms with Gasteiger partial charge in [-0.15, -0.1) is 0 Å². The molecule has 0 bridgehead atoms. The number of amides is 1. The van der Waals surface area contributed by atoms with Crippen LogP contribution < -0.4 is 5.73 Å². The number of nitrogens with zero attached hydrogens (tertiary/aromatic N) is 1. The summed E-state index contributed by atoms with van der Waals surface area (Å²) in [4.78, 5) is 13.7. The van der Waals surface area contributed by atoms with E-state index in [2.05, 4.69) is 0 Å². The molecule has 0 radical (unpaired) electrons. The first-order valence-corrected chi connectivity index (χ1v) is 6.12. The fourth-order valence-corrected chi connectivity index (χ4v) is 2.02. The lowest BCUT2D eigenvalue weighted by atomic mass is 10.1. The highest BCUT2D eigenvalue weighted by Crippen LogP contribution is 2.23. The molecule has 1 aliphatic rings. The van der Waals surface area contributed by atoms with Crippen molar-refractivity contribution in [2.45, 2.75) is 58.1 Å². The maximum atomic E-state index is 11.9. The van der Waals surface area contributed by atoms with Crippen LogP contribution in [0, 0.1) is 5.41 Å². The van der Waals surface area contributed by atoms with Crippen LogP contribution in [0.2, 0.25) is 0 Å². The highest BCUT2D eigenvalue weighted by molar-refractivity contribution is 5.77. The van der Waals surface area contributed by atoms with Crippen LogP contribution in [-0.4, -0.2) is 35.0 Å². The lowest BCUT2D eigenvalue weighted by molar-refractivity contribution is 0.0221. The minimum Gasteiger partial charge on any atom is -0.444 e. The quantitative estimate of drug-likeness (QED) is 0.586. The highest BCUT2D eigenvalue weighted by Gasteiger charge is 2.31. The minimum absolute atomic E-state index is 0.175. The molecular formula is C12H23N3O2. The maximum Gasteiger partial charge on any atom is 0.410 e. The van der Waals surface area contributed by atoms with Crippen molar-refractivity contribution in [1.82, 2.24) is 4.90 Å². The van der Waals surface area contributed by atoms with Gasteiger partial charge in [0.15, 0.2) is 0 Å². The predicted octanol–water partition coefficient (Wildman–Crippen LogP) is 2.10. The molecule has 1 atom stereocenters. The molecule has 1 heterocycles. The fourth-order valence-electron chi connectivity index (χ4n) is 2.02. The predicted molar refractivity (Wildman–Crippen MR) is 67.1 cm³/mol. The number of likely N-dealkylation sites (tertiary alicyclic amines) is 1. The Hall–Kier alpha value is -1.26. The van der Waals surface area contributed by atoms with E-state index in [4.69, 9.17) is 15.9 Å². The van der Waals surface area contributed by atoms with Gasteiger partial charge in [0, 0.05) is 19.0 Å². The molecule has 0 aromatic rings. The number of hydrogen-bond acceptors (Lipinski definition) is 3. The number of nitrogens with two attached hydrogens (primary N) is 1. The SMILES string of the molecule is CC(C)(C)OC(=O)N1CCCC1CCC(=N)N. The summed E-state index contributed by atoms with van der Waals surface area (Å²) in [6.07, 6.45) is 3.04. The first-order valence-electron chi connectivity index (χ1n) is 6.12. The molecule has 1 rings (SSSR count). The molecule has 1 amide bonds. The first-order chi connectivity index (χ1) is 7.79. The van der Waals surface area contributed by atoms with Crippen molar-refractivity contribution in [2.75, 3.05) is 6.54 Å². The summed E-state index contributed by atoms with van der Waals surface area (Å²) < 4.78 is 5.36. The molecule has 17 heavy (non-hydrogen) atoms. The minimum atomic E-state index is -0.454. The topological polar surface area (TPSA) is 79.4 Å². The number of nitrogens with one attached hydrogen (secondary N) is 1. The van der Waals surface area contributed by atoms with Gasteiger partial charge in [-0.2, -0.15) is 0 Å². The Kier molecular flexibility index (Phi) is 4.37. The van der Waals surface area contributed by atoms with Gasteiger partial charge in [0.05, 0.1) is 5.84 Å². The second-order valence-corrected chi connectivity index (χ2v) is 5.53. The third-order valence-electron chi connectivity index (χ3n) is 2.75. The molecule has 1 saturated heterocycles. The van der Waals surface area contributed by atoms with Crippen molar-refractivity contribution in [3.63, 3.8) is 0 Å². The van der Waals surface area contributed by atoms with Crippen LogP contribution in [-0.2, 0) is 4.74 Å². The Morgan fingerprint density at radius 3 is 2.71 bits per heavy atom. The van der Waals surface area contributed by atoms with E-state index in [1.54, 1.807) is 4.90 Å². The van der Waals surface area contributed by atoms with Gasteiger partial charge < -0.3 is 15.4 Å². The molecule has 98 valence electrons. The van der Waals surface area contributed by atoms with Crippen molar-refractivity contribution in [3.05, 3.63) is 0 Å². The second-order valence-electron chi connectivity index (χ2n) is 5.53. The van der Waals surface area contributed by atoms with E-state index in [1.807, 2.05) is 20.8 Å². The summed E-state index contributed by atoms with van der Waals surface area (Å²) in [5, 5.41) is 7.22. The van der Waals surface area contributed by atoms with Gasteiger partial charge in [-0.05, 0) is 40.0 Å². The zero-order valence-electron chi connectivity index (χ0n) is 11.0. The average molecular weight is 241 g/mol. The summed E-state index contributed by atoms with van der Waals surface area (Å²) in [6, 6.07) is 0.175. The number of amidine groups is 1. The van der Waals surface area contributed by atoms with Gasteiger partial charge >= 0.3 is 6.09 Å². The Morgan fingerprint density at radius 1 is 1.53 bits per heavy atom. The second kappa shape index (κ2) is 5.38. The largest absolute Gasteiger partial charge is 0.444 e. The third kappa shape index (κ3) is 4.63. The summed E-state index contributed by atoms with van der Waals surface area (Å²) in [7, 11) is 0. The molecule has 1 fully saturated rings. The molecule has 1 unspecified atom stereocenters. The maximum absolute atomic E-state index is 11.9. The van der Waals surface area contributed by atoms with Crippen LogP contribution in [0.1, 0.15) is 46.5 Å². The van der Waals surface area contributed by atoms with Crippen LogP contribution in [0.15, 0.2) is 0 Å². The molecule has 0 saturated carbocycles. The summed E-state index contributed by atoms with van der Waals surface area (Å²) >= 11 is 0. The lowest BCUT2D eigenvalue weighted by Crippen LogP contribution is -2.40. The van der Waals surface area contributed by atoms with Gasteiger partial charge in [0.2, 0.25) is 0 Å².